The minimum Gasteiger partial charge on any atom is -0.0965 e. The van der Waals surface area contributed by atoms with Gasteiger partial charge in [-0.25, -0.2) is 0 Å². The zero-order valence-electron chi connectivity index (χ0n) is 12.2. The third kappa shape index (κ3) is 3.22. The topological polar surface area (TPSA) is 24.7 Å². The molecule has 0 aromatic heterocycles. The molecule has 2 aromatic rings. The summed E-state index contributed by atoms with van der Waals surface area (Å²) in [5.74, 6) is 0.679. The fraction of sp³-hybridized carbons (Fsp3) is 0.211. The molecule has 0 saturated carbocycles. The van der Waals surface area contributed by atoms with Crippen molar-refractivity contribution in [1.82, 2.24) is 0 Å². The third-order valence-electron chi connectivity index (χ3n) is 4.02. The Morgan fingerprint density at radius 3 is 2.05 bits per heavy atom. The second-order valence-electron chi connectivity index (χ2n) is 5.41. The Labute approximate surface area is 126 Å². The first-order valence-electron chi connectivity index (χ1n) is 7.37. The van der Waals surface area contributed by atoms with Crippen LogP contribution in [0.3, 0.4) is 0 Å². The van der Waals surface area contributed by atoms with E-state index in [1.807, 2.05) is 0 Å². The van der Waals surface area contributed by atoms with Gasteiger partial charge in [-0.1, -0.05) is 70.6 Å². The molecule has 0 spiro atoms. The molecule has 2 unspecified atom stereocenters. The van der Waals surface area contributed by atoms with Crippen LogP contribution in [-0.4, -0.2) is 12.4 Å². The molecule has 1 aliphatic rings. The number of rotatable bonds is 5. The van der Waals surface area contributed by atoms with Gasteiger partial charge in [0.2, 0.25) is 6.17 Å². The second kappa shape index (κ2) is 6.40. The van der Waals surface area contributed by atoms with E-state index in [1.54, 1.807) is 12.4 Å². The molecule has 3 rings (SSSR count). The van der Waals surface area contributed by atoms with Crippen molar-refractivity contribution in [2.24, 2.45) is 15.9 Å². The Bertz CT molecular complexity index is 605. The molecule has 0 aliphatic carbocycles. The standard InChI is InChI=1S/C19H19N2/c1-15(19-20-12-13-21-19)18(17-10-6-3-7-11-17)14-16-8-4-2-5-9-16/h2-13,15,18H,14H2,1H3/q+1. The summed E-state index contributed by atoms with van der Waals surface area (Å²) in [5, 5.41) is 0. The van der Waals surface area contributed by atoms with Gasteiger partial charge < -0.3 is 0 Å². The highest BCUT2D eigenvalue weighted by atomic mass is 15.0. The van der Waals surface area contributed by atoms with Crippen LogP contribution in [0.25, 0.3) is 0 Å². The van der Waals surface area contributed by atoms with Gasteiger partial charge in [-0.2, -0.15) is 0 Å². The molecule has 2 heteroatoms. The highest BCUT2D eigenvalue weighted by molar-refractivity contribution is 6.18. The Kier molecular flexibility index (Phi) is 4.15. The van der Waals surface area contributed by atoms with Crippen molar-refractivity contribution >= 4 is 12.4 Å². The van der Waals surface area contributed by atoms with Crippen molar-refractivity contribution in [2.75, 3.05) is 0 Å². The van der Waals surface area contributed by atoms with Gasteiger partial charge in [-0.15, -0.1) is 0 Å². The first-order chi connectivity index (χ1) is 10.3. The van der Waals surface area contributed by atoms with Crippen molar-refractivity contribution in [3.05, 3.63) is 78.0 Å². The van der Waals surface area contributed by atoms with E-state index >= 15 is 0 Å². The number of benzene rings is 2. The van der Waals surface area contributed by atoms with Crippen molar-refractivity contribution in [2.45, 2.75) is 19.3 Å². The summed E-state index contributed by atoms with van der Waals surface area (Å²) >= 11 is 0. The fourth-order valence-corrected chi connectivity index (χ4v) is 2.82. The maximum atomic E-state index is 4.39. The summed E-state index contributed by atoms with van der Waals surface area (Å²) in [7, 11) is 0. The minimum absolute atomic E-state index is 0.294. The zero-order valence-corrected chi connectivity index (χ0v) is 12.2. The maximum absolute atomic E-state index is 4.39. The predicted molar refractivity (Wildman–Crippen MR) is 88.7 cm³/mol. The molecule has 2 aromatic carbocycles. The molecule has 1 heterocycles. The Hall–Kier alpha value is -2.35. The molecule has 0 bridgehead atoms. The van der Waals surface area contributed by atoms with Gasteiger partial charge in [0.25, 0.3) is 0 Å². The van der Waals surface area contributed by atoms with Crippen LogP contribution in [-0.2, 0) is 6.42 Å². The van der Waals surface area contributed by atoms with Crippen LogP contribution in [0.2, 0.25) is 0 Å². The maximum Gasteiger partial charge on any atom is 0.244 e. The average Bonchev–Trinajstić information content (AvgIpc) is 3.08. The molecule has 0 amide bonds. The number of hydrogen-bond acceptors (Lipinski definition) is 2. The molecular weight excluding hydrogens is 256 g/mol. The monoisotopic (exact) mass is 275 g/mol. The van der Waals surface area contributed by atoms with E-state index in [2.05, 4.69) is 77.6 Å². The molecule has 2 nitrogen and oxygen atoms in total. The average molecular weight is 275 g/mol. The van der Waals surface area contributed by atoms with Crippen molar-refractivity contribution < 1.29 is 0 Å². The first kappa shape index (κ1) is 13.6. The van der Waals surface area contributed by atoms with Crippen molar-refractivity contribution in [3.63, 3.8) is 0 Å². The summed E-state index contributed by atoms with van der Waals surface area (Å²) in [6, 6.07) is 21.3. The quantitative estimate of drug-likeness (QED) is 0.727. The Morgan fingerprint density at radius 2 is 1.43 bits per heavy atom. The molecule has 0 saturated heterocycles. The Balaban J connectivity index is 1.87. The lowest BCUT2D eigenvalue weighted by Gasteiger charge is -2.23. The summed E-state index contributed by atoms with van der Waals surface area (Å²) in [4.78, 5) is 8.79. The van der Waals surface area contributed by atoms with Gasteiger partial charge >= 0.3 is 0 Å². The first-order valence-corrected chi connectivity index (χ1v) is 7.37. The summed E-state index contributed by atoms with van der Waals surface area (Å²) in [5.41, 5.74) is 2.70. The molecule has 0 radical (unpaired) electrons. The van der Waals surface area contributed by atoms with Crippen molar-refractivity contribution in [3.8, 4) is 0 Å². The van der Waals surface area contributed by atoms with Gasteiger partial charge in [0.1, 0.15) is 0 Å². The van der Waals surface area contributed by atoms with Gasteiger partial charge in [0.05, 0.1) is 5.92 Å². The smallest absolute Gasteiger partial charge is 0.0965 e. The summed E-state index contributed by atoms with van der Waals surface area (Å²) in [6.07, 6.45) is 5.48. The van der Waals surface area contributed by atoms with Crippen LogP contribution in [0.1, 0.15) is 24.0 Å². The summed E-state index contributed by atoms with van der Waals surface area (Å²) < 4.78 is 0. The number of hydrogen-bond donors (Lipinski definition) is 0. The molecule has 104 valence electrons. The highest BCUT2D eigenvalue weighted by Gasteiger charge is 2.33. The van der Waals surface area contributed by atoms with Crippen LogP contribution in [0.15, 0.2) is 70.6 Å². The lowest BCUT2D eigenvalue weighted by molar-refractivity contribution is 0.463. The normalized spacial score (nSPS) is 16.1. The summed E-state index contributed by atoms with van der Waals surface area (Å²) in [6.45, 7) is 2.22. The SMILES string of the molecule is CC([C+]1N=CC=N1)C(Cc1ccccc1)c1ccccc1. The molecule has 2 atom stereocenters. The number of aliphatic imine (C=N–C) groups is 2. The van der Waals surface area contributed by atoms with E-state index in [9.17, 15) is 0 Å². The Morgan fingerprint density at radius 1 is 0.857 bits per heavy atom. The minimum atomic E-state index is 0.294. The lowest BCUT2D eigenvalue weighted by Crippen LogP contribution is -2.17. The van der Waals surface area contributed by atoms with E-state index < -0.39 is 0 Å². The third-order valence-corrected chi connectivity index (χ3v) is 4.02. The molecule has 1 aliphatic heterocycles. The largest absolute Gasteiger partial charge is 0.244 e. The van der Waals surface area contributed by atoms with Crippen LogP contribution in [0.4, 0.5) is 0 Å². The van der Waals surface area contributed by atoms with E-state index in [-0.39, 0.29) is 0 Å². The van der Waals surface area contributed by atoms with Crippen molar-refractivity contribution in [1.29, 1.82) is 0 Å². The number of nitrogens with zero attached hydrogens (tertiary/aromatic N) is 2. The van der Waals surface area contributed by atoms with Gasteiger partial charge in [0, 0.05) is 5.92 Å². The van der Waals surface area contributed by atoms with Gasteiger partial charge in [-0.05, 0) is 24.5 Å². The van der Waals surface area contributed by atoms with Crippen LogP contribution < -0.4 is 0 Å². The van der Waals surface area contributed by atoms with Crippen LogP contribution >= 0.6 is 0 Å². The molecule has 0 N–H and O–H groups in total. The van der Waals surface area contributed by atoms with Crippen LogP contribution in [0.5, 0.6) is 0 Å². The van der Waals surface area contributed by atoms with Gasteiger partial charge in [-0.3, -0.25) is 0 Å². The molecule has 21 heavy (non-hydrogen) atoms. The van der Waals surface area contributed by atoms with E-state index in [1.165, 1.54) is 11.1 Å². The molecular formula is C19H19N2+. The van der Waals surface area contributed by atoms with Gasteiger partial charge in [0.15, 0.2) is 12.4 Å². The predicted octanol–water partition coefficient (Wildman–Crippen LogP) is 4.29. The lowest BCUT2D eigenvalue weighted by atomic mass is 9.81. The zero-order chi connectivity index (χ0) is 14.5. The van der Waals surface area contributed by atoms with E-state index in [4.69, 9.17) is 0 Å². The fourth-order valence-electron chi connectivity index (χ4n) is 2.82. The second-order valence-corrected chi connectivity index (χ2v) is 5.41. The van der Waals surface area contributed by atoms with E-state index in [0.717, 1.165) is 12.6 Å². The highest BCUT2D eigenvalue weighted by Crippen LogP contribution is 2.36. The van der Waals surface area contributed by atoms with Crippen LogP contribution in [0, 0.1) is 12.1 Å². The molecule has 0 fully saturated rings. The van der Waals surface area contributed by atoms with E-state index in [0.29, 0.717) is 11.8 Å².